The average molecular weight is 215 g/mol. The minimum Gasteiger partial charge on any atom is -0.341 e. The zero-order chi connectivity index (χ0) is 11.7. The number of rotatable bonds is 6. The summed E-state index contributed by atoms with van der Waals surface area (Å²) in [4.78, 5) is 22.2. The molecule has 0 radical (unpaired) electrons. The summed E-state index contributed by atoms with van der Waals surface area (Å²) in [6, 6.07) is -0.804. The third-order valence-electron chi connectivity index (χ3n) is 2.09. The van der Waals surface area contributed by atoms with Crippen LogP contribution in [0, 0.1) is 0 Å². The normalized spacial score (nSPS) is 11.9. The molecule has 0 aliphatic carbocycles. The highest BCUT2D eigenvalue weighted by atomic mass is 16.2. The Morgan fingerprint density at radius 1 is 1.27 bits per heavy atom. The highest BCUT2D eigenvalue weighted by Gasteiger charge is 2.13. The van der Waals surface area contributed by atoms with Crippen LogP contribution in [-0.4, -0.2) is 31.6 Å². The molecule has 0 heterocycles. The van der Waals surface area contributed by atoms with Gasteiger partial charge in [-0.2, -0.15) is 0 Å². The van der Waals surface area contributed by atoms with Gasteiger partial charge in [-0.15, -0.1) is 0 Å². The Balaban J connectivity index is 3.64. The van der Waals surface area contributed by atoms with Crippen molar-refractivity contribution in [3.8, 4) is 0 Å². The first kappa shape index (κ1) is 13.9. The Bertz CT molecular complexity index is 207. The van der Waals surface area contributed by atoms with E-state index in [0.29, 0.717) is 0 Å². The fourth-order valence-corrected chi connectivity index (χ4v) is 1.07. The lowest BCUT2D eigenvalue weighted by atomic mass is 10.2. The molecule has 15 heavy (non-hydrogen) atoms. The minimum absolute atomic E-state index is 0.300. The van der Waals surface area contributed by atoms with Crippen LogP contribution in [0.2, 0.25) is 0 Å². The van der Waals surface area contributed by atoms with Crippen LogP contribution in [0.5, 0.6) is 0 Å². The van der Waals surface area contributed by atoms with Gasteiger partial charge >= 0.3 is 6.03 Å². The molecule has 0 fully saturated rings. The van der Waals surface area contributed by atoms with Crippen LogP contribution in [0.4, 0.5) is 4.79 Å². The molecule has 1 unspecified atom stereocenters. The van der Waals surface area contributed by atoms with Crippen molar-refractivity contribution in [1.82, 2.24) is 16.0 Å². The monoisotopic (exact) mass is 215 g/mol. The third-order valence-corrected chi connectivity index (χ3v) is 2.09. The number of carbonyl (C=O) groups excluding carboxylic acids is 2. The quantitative estimate of drug-likeness (QED) is 0.569. The van der Waals surface area contributed by atoms with Crippen LogP contribution in [-0.2, 0) is 4.79 Å². The number of unbranched alkanes of at least 4 members (excludes halogenated alkanes) is 2. The lowest BCUT2D eigenvalue weighted by molar-refractivity contribution is -0.121. The van der Waals surface area contributed by atoms with Crippen LogP contribution < -0.4 is 16.0 Å². The maximum atomic E-state index is 11.3. The third kappa shape index (κ3) is 6.90. The zero-order valence-corrected chi connectivity index (χ0v) is 9.72. The second-order valence-corrected chi connectivity index (χ2v) is 3.45. The first-order valence-electron chi connectivity index (χ1n) is 5.37. The Morgan fingerprint density at radius 2 is 1.93 bits per heavy atom. The molecule has 88 valence electrons. The van der Waals surface area contributed by atoms with Crippen LogP contribution in [0.25, 0.3) is 0 Å². The van der Waals surface area contributed by atoms with Crippen LogP contribution in [0.1, 0.15) is 33.1 Å². The summed E-state index contributed by atoms with van der Waals surface area (Å²) in [7, 11) is 1.47. The van der Waals surface area contributed by atoms with Crippen molar-refractivity contribution in [2.75, 3.05) is 13.6 Å². The molecule has 0 aromatic rings. The SMILES string of the molecule is CCCCCNC(C)C(=O)NC(=O)NC. The zero-order valence-electron chi connectivity index (χ0n) is 9.72. The van der Waals surface area contributed by atoms with Gasteiger partial charge in [0.2, 0.25) is 5.91 Å². The number of hydrogen-bond donors (Lipinski definition) is 3. The summed E-state index contributed by atoms with van der Waals surface area (Å²) in [6.45, 7) is 4.67. The highest BCUT2D eigenvalue weighted by Crippen LogP contribution is 1.92. The van der Waals surface area contributed by atoms with E-state index in [1.54, 1.807) is 6.92 Å². The number of amides is 3. The summed E-state index contributed by atoms with van der Waals surface area (Å²) in [5, 5.41) is 7.60. The molecule has 0 saturated heterocycles. The van der Waals surface area contributed by atoms with Crippen molar-refractivity contribution in [2.24, 2.45) is 0 Å². The van der Waals surface area contributed by atoms with Gasteiger partial charge < -0.3 is 10.6 Å². The van der Waals surface area contributed by atoms with Crippen molar-refractivity contribution in [3.05, 3.63) is 0 Å². The first-order valence-corrected chi connectivity index (χ1v) is 5.37. The highest BCUT2D eigenvalue weighted by molar-refractivity contribution is 5.96. The first-order chi connectivity index (χ1) is 7.11. The molecule has 0 aromatic heterocycles. The second-order valence-electron chi connectivity index (χ2n) is 3.45. The fourth-order valence-electron chi connectivity index (χ4n) is 1.07. The van der Waals surface area contributed by atoms with Crippen molar-refractivity contribution < 1.29 is 9.59 Å². The molecule has 5 nitrogen and oxygen atoms in total. The van der Waals surface area contributed by atoms with E-state index in [1.165, 1.54) is 7.05 Å². The van der Waals surface area contributed by atoms with E-state index in [1.807, 2.05) is 0 Å². The lowest BCUT2D eigenvalue weighted by Crippen LogP contribution is -2.47. The Kier molecular flexibility index (Phi) is 7.62. The number of carbonyl (C=O) groups is 2. The summed E-state index contributed by atoms with van der Waals surface area (Å²) in [6.07, 6.45) is 3.35. The van der Waals surface area contributed by atoms with Gasteiger partial charge in [-0.25, -0.2) is 4.79 Å². The molecule has 0 aliphatic rings. The van der Waals surface area contributed by atoms with Gasteiger partial charge in [0, 0.05) is 7.05 Å². The van der Waals surface area contributed by atoms with Crippen LogP contribution in [0.15, 0.2) is 0 Å². The van der Waals surface area contributed by atoms with Crippen molar-refractivity contribution >= 4 is 11.9 Å². The average Bonchev–Trinajstić information content (AvgIpc) is 2.23. The largest absolute Gasteiger partial charge is 0.341 e. The van der Waals surface area contributed by atoms with Gasteiger partial charge in [-0.05, 0) is 19.9 Å². The van der Waals surface area contributed by atoms with E-state index in [0.717, 1.165) is 25.8 Å². The van der Waals surface area contributed by atoms with E-state index >= 15 is 0 Å². The van der Waals surface area contributed by atoms with Crippen molar-refractivity contribution in [3.63, 3.8) is 0 Å². The Morgan fingerprint density at radius 3 is 2.47 bits per heavy atom. The topological polar surface area (TPSA) is 70.2 Å². The summed E-state index contributed by atoms with van der Waals surface area (Å²) in [5.41, 5.74) is 0. The molecular weight excluding hydrogens is 194 g/mol. The van der Waals surface area contributed by atoms with Crippen LogP contribution in [0.3, 0.4) is 0 Å². The predicted molar refractivity (Wildman–Crippen MR) is 59.6 cm³/mol. The molecule has 3 amide bonds. The molecule has 0 aromatic carbocycles. The lowest BCUT2D eigenvalue weighted by Gasteiger charge is -2.12. The predicted octanol–water partition coefficient (Wildman–Crippen LogP) is 0.610. The van der Waals surface area contributed by atoms with Crippen molar-refractivity contribution in [1.29, 1.82) is 0 Å². The molecule has 0 aliphatic heterocycles. The summed E-state index contributed by atoms with van der Waals surface area (Å²) in [5.74, 6) is -0.300. The van der Waals surface area contributed by atoms with Gasteiger partial charge in [0.1, 0.15) is 0 Å². The van der Waals surface area contributed by atoms with Gasteiger partial charge in [0.05, 0.1) is 6.04 Å². The second kappa shape index (κ2) is 8.23. The minimum atomic E-state index is -0.470. The molecule has 0 rings (SSSR count). The summed E-state index contributed by atoms with van der Waals surface area (Å²) < 4.78 is 0. The molecule has 0 saturated carbocycles. The number of hydrogen-bond acceptors (Lipinski definition) is 3. The fraction of sp³-hybridized carbons (Fsp3) is 0.800. The van der Waals surface area contributed by atoms with E-state index in [9.17, 15) is 9.59 Å². The molecule has 3 N–H and O–H groups in total. The number of urea groups is 1. The molecule has 0 bridgehead atoms. The van der Waals surface area contributed by atoms with Gasteiger partial charge in [-0.1, -0.05) is 19.8 Å². The van der Waals surface area contributed by atoms with Crippen molar-refractivity contribution in [2.45, 2.75) is 39.2 Å². The number of imide groups is 1. The molecule has 5 heteroatoms. The maximum absolute atomic E-state index is 11.3. The van der Waals surface area contributed by atoms with Crippen LogP contribution >= 0.6 is 0 Å². The van der Waals surface area contributed by atoms with E-state index in [2.05, 4.69) is 22.9 Å². The smallest absolute Gasteiger partial charge is 0.321 e. The standard InChI is InChI=1S/C10H21N3O2/c1-4-5-6-7-12-8(2)9(14)13-10(15)11-3/h8,12H,4-7H2,1-3H3,(H2,11,13,14,15). The van der Waals surface area contributed by atoms with E-state index < -0.39 is 6.03 Å². The summed E-state index contributed by atoms with van der Waals surface area (Å²) >= 11 is 0. The molecular formula is C10H21N3O2. The maximum Gasteiger partial charge on any atom is 0.321 e. The molecule has 1 atom stereocenters. The number of nitrogens with one attached hydrogen (secondary N) is 3. The van der Waals surface area contributed by atoms with E-state index in [4.69, 9.17) is 0 Å². The van der Waals surface area contributed by atoms with E-state index in [-0.39, 0.29) is 11.9 Å². The van der Waals surface area contributed by atoms with Gasteiger partial charge in [0.25, 0.3) is 0 Å². The van der Waals surface area contributed by atoms with Gasteiger partial charge in [0.15, 0.2) is 0 Å². The molecule has 0 spiro atoms. The van der Waals surface area contributed by atoms with Gasteiger partial charge in [-0.3, -0.25) is 10.1 Å². The Hall–Kier alpha value is -1.10. The Labute approximate surface area is 91.0 Å².